The van der Waals surface area contributed by atoms with Gasteiger partial charge in [-0.3, -0.25) is 10.1 Å². The van der Waals surface area contributed by atoms with Crippen LogP contribution in [0.25, 0.3) is 0 Å². The first-order valence-electron chi connectivity index (χ1n) is 7.37. The van der Waals surface area contributed by atoms with E-state index in [1.54, 1.807) is 11.3 Å². The average Bonchev–Trinajstić information content (AvgIpc) is 3.13. The first-order chi connectivity index (χ1) is 9.66. The molecule has 0 saturated carbocycles. The quantitative estimate of drug-likeness (QED) is 0.927. The highest BCUT2D eigenvalue weighted by Crippen LogP contribution is 2.33. The number of carbonyl (C=O) groups is 1. The molecule has 1 aromatic heterocycles. The van der Waals surface area contributed by atoms with Gasteiger partial charge in [0.2, 0.25) is 5.91 Å². The van der Waals surface area contributed by atoms with Crippen LogP contribution < -0.4 is 5.32 Å². The highest BCUT2D eigenvalue weighted by molar-refractivity contribution is 8.00. The molecule has 0 radical (unpaired) electrons. The number of nitrogens with zero attached hydrogens (tertiary/aromatic N) is 1. The summed E-state index contributed by atoms with van der Waals surface area (Å²) in [6, 6.07) is 2.10. The number of nitrogens with one attached hydrogen (secondary N) is 1. The van der Waals surface area contributed by atoms with Crippen LogP contribution >= 0.6 is 23.1 Å². The number of thioether (sulfide) groups is 1. The zero-order valence-electron chi connectivity index (χ0n) is 12.0. The Morgan fingerprint density at radius 3 is 2.95 bits per heavy atom. The van der Waals surface area contributed by atoms with Crippen molar-refractivity contribution in [3.8, 4) is 0 Å². The van der Waals surface area contributed by atoms with Crippen molar-refractivity contribution >= 4 is 29.0 Å². The smallest absolute Gasteiger partial charge is 0.241 e. The van der Waals surface area contributed by atoms with Crippen molar-refractivity contribution in [1.82, 2.24) is 10.2 Å². The normalized spacial score (nSPS) is 30.6. The Labute approximate surface area is 129 Å². The van der Waals surface area contributed by atoms with Gasteiger partial charge in [-0.1, -0.05) is 13.8 Å². The summed E-state index contributed by atoms with van der Waals surface area (Å²) >= 11 is 3.72. The summed E-state index contributed by atoms with van der Waals surface area (Å²) in [7, 11) is 0. The highest BCUT2D eigenvalue weighted by atomic mass is 32.2. The van der Waals surface area contributed by atoms with Crippen LogP contribution in [-0.4, -0.2) is 34.4 Å². The molecule has 0 bridgehead atoms. The minimum absolute atomic E-state index is 0.0358. The van der Waals surface area contributed by atoms with E-state index in [-0.39, 0.29) is 18.1 Å². The van der Waals surface area contributed by atoms with Crippen molar-refractivity contribution in [2.45, 2.75) is 44.1 Å². The summed E-state index contributed by atoms with van der Waals surface area (Å²) in [5, 5.41) is 8.40. The molecule has 2 fully saturated rings. The van der Waals surface area contributed by atoms with Crippen LogP contribution in [0.1, 0.15) is 38.4 Å². The van der Waals surface area contributed by atoms with Crippen LogP contribution in [0.5, 0.6) is 0 Å². The topological polar surface area (TPSA) is 32.3 Å². The first-order valence-corrected chi connectivity index (χ1v) is 9.36. The molecule has 0 spiro atoms. The second-order valence-electron chi connectivity index (χ2n) is 5.97. The van der Waals surface area contributed by atoms with Gasteiger partial charge in [0.25, 0.3) is 0 Å². The predicted octanol–water partition coefficient (Wildman–Crippen LogP) is 3.10. The van der Waals surface area contributed by atoms with E-state index >= 15 is 0 Å². The summed E-state index contributed by atoms with van der Waals surface area (Å²) in [5.41, 5.74) is 1.23. The summed E-state index contributed by atoms with van der Waals surface area (Å²) in [5.74, 6) is 1.87. The molecule has 1 amide bonds. The van der Waals surface area contributed by atoms with Crippen LogP contribution in [0, 0.1) is 5.92 Å². The molecular formula is C15H22N2OS2. The standard InChI is InChI=1S/C15H22N2OS2/c1-10(2)13-15(18)17(8-12-4-3-6-20-12)14(16-13)11-5-7-19-9-11/h5,7,9-10,12-14,16H,3-4,6,8H2,1-2H3. The van der Waals surface area contributed by atoms with E-state index in [9.17, 15) is 4.79 Å². The number of hydrogen-bond donors (Lipinski definition) is 1. The maximum absolute atomic E-state index is 12.7. The number of thiophene rings is 1. The Kier molecular flexibility index (Phi) is 4.38. The van der Waals surface area contributed by atoms with E-state index in [0.717, 1.165) is 6.54 Å². The second kappa shape index (κ2) is 6.08. The number of carbonyl (C=O) groups excluding carboxylic acids is 1. The van der Waals surface area contributed by atoms with E-state index in [0.29, 0.717) is 11.2 Å². The molecule has 3 rings (SSSR count). The average molecular weight is 310 g/mol. The molecule has 3 unspecified atom stereocenters. The molecule has 3 nitrogen and oxygen atoms in total. The van der Waals surface area contributed by atoms with E-state index < -0.39 is 0 Å². The molecular weight excluding hydrogens is 288 g/mol. The molecule has 2 saturated heterocycles. The zero-order chi connectivity index (χ0) is 14.1. The Morgan fingerprint density at radius 1 is 1.50 bits per heavy atom. The Morgan fingerprint density at radius 2 is 2.35 bits per heavy atom. The van der Waals surface area contributed by atoms with Gasteiger partial charge in [0.15, 0.2) is 0 Å². The highest BCUT2D eigenvalue weighted by Gasteiger charge is 2.42. The van der Waals surface area contributed by atoms with Crippen LogP contribution in [-0.2, 0) is 4.79 Å². The van der Waals surface area contributed by atoms with E-state index in [4.69, 9.17) is 0 Å². The molecule has 5 heteroatoms. The maximum atomic E-state index is 12.7. The molecule has 1 aromatic rings. The number of amides is 1. The monoisotopic (exact) mass is 310 g/mol. The SMILES string of the molecule is CC(C)C1NC(c2ccsc2)N(CC2CCCS2)C1=O. The van der Waals surface area contributed by atoms with Gasteiger partial charge in [0.1, 0.15) is 6.17 Å². The van der Waals surface area contributed by atoms with E-state index in [2.05, 4.69) is 40.9 Å². The third-order valence-corrected chi connectivity index (χ3v) is 6.23. The molecule has 1 N–H and O–H groups in total. The molecule has 0 aliphatic carbocycles. The van der Waals surface area contributed by atoms with Crippen LogP contribution in [0.2, 0.25) is 0 Å². The molecule has 3 heterocycles. The fourth-order valence-electron chi connectivity index (χ4n) is 3.02. The fourth-order valence-corrected chi connectivity index (χ4v) is 4.97. The van der Waals surface area contributed by atoms with Crippen molar-refractivity contribution in [2.75, 3.05) is 12.3 Å². The Hall–Kier alpha value is -0.520. The van der Waals surface area contributed by atoms with Gasteiger partial charge in [0, 0.05) is 11.8 Å². The van der Waals surface area contributed by atoms with Crippen molar-refractivity contribution in [2.24, 2.45) is 5.92 Å². The predicted molar refractivity (Wildman–Crippen MR) is 86.0 cm³/mol. The fraction of sp³-hybridized carbons (Fsp3) is 0.667. The first kappa shape index (κ1) is 14.4. The molecule has 0 aromatic carbocycles. The lowest BCUT2D eigenvalue weighted by molar-refractivity contribution is -0.130. The van der Waals surface area contributed by atoms with E-state index in [1.807, 2.05) is 11.8 Å². The Balaban J connectivity index is 1.80. The third-order valence-electron chi connectivity index (χ3n) is 4.15. The van der Waals surface area contributed by atoms with Crippen molar-refractivity contribution < 1.29 is 4.79 Å². The van der Waals surface area contributed by atoms with Crippen LogP contribution in [0.3, 0.4) is 0 Å². The zero-order valence-corrected chi connectivity index (χ0v) is 13.7. The number of rotatable bonds is 4. The van der Waals surface area contributed by atoms with Crippen molar-refractivity contribution in [3.63, 3.8) is 0 Å². The minimum Gasteiger partial charge on any atom is -0.320 e. The van der Waals surface area contributed by atoms with Gasteiger partial charge >= 0.3 is 0 Å². The van der Waals surface area contributed by atoms with Crippen LogP contribution in [0.15, 0.2) is 16.8 Å². The summed E-state index contributed by atoms with van der Waals surface area (Å²) in [4.78, 5) is 14.8. The Bertz CT molecular complexity index is 454. The van der Waals surface area contributed by atoms with Gasteiger partial charge in [-0.2, -0.15) is 23.1 Å². The lowest BCUT2D eigenvalue weighted by Crippen LogP contribution is -2.37. The van der Waals surface area contributed by atoms with Crippen LogP contribution in [0.4, 0.5) is 0 Å². The lowest BCUT2D eigenvalue weighted by atomic mass is 10.0. The molecule has 2 aliphatic heterocycles. The second-order valence-corrected chi connectivity index (χ2v) is 8.16. The van der Waals surface area contributed by atoms with Gasteiger partial charge in [0.05, 0.1) is 6.04 Å². The third kappa shape index (κ3) is 2.76. The van der Waals surface area contributed by atoms with Gasteiger partial charge < -0.3 is 4.90 Å². The number of hydrogen-bond acceptors (Lipinski definition) is 4. The summed E-state index contributed by atoms with van der Waals surface area (Å²) < 4.78 is 0. The van der Waals surface area contributed by atoms with Gasteiger partial charge in [-0.05, 0) is 46.9 Å². The lowest BCUT2D eigenvalue weighted by Gasteiger charge is -2.26. The summed E-state index contributed by atoms with van der Waals surface area (Å²) in [6.07, 6.45) is 2.61. The van der Waals surface area contributed by atoms with Crippen molar-refractivity contribution in [3.05, 3.63) is 22.4 Å². The minimum atomic E-state index is -0.0358. The van der Waals surface area contributed by atoms with E-state index in [1.165, 1.54) is 24.2 Å². The maximum Gasteiger partial charge on any atom is 0.241 e. The van der Waals surface area contributed by atoms with Crippen molar-refractivity contribution in [1.29, 1.82) is 0 Å². The molecule has 3 atom stereocenters. The van der Waals surface area contributed by atoms with Gasteiger partial charge in [-0.25, -0.2) is 0 Å². The van der Waals surface area contributed by atoms with Gasteiger partial charge in [-0.15, -0.1) is 0 Å². The molecule has 110 valence electrons. The summed E-state index contributed by atoms with van der Waals surface area (Å²) in [6.45, 7) is 5.13. The molecule has 20 heavy (non-hydrogen) atoms. The molecule has 2 aliphatic rings. The largest absolute Gasteiger partial charge is 0.320 e.